The van der Waals surface area contributed by atoms with Gasteiger partial charge in [0.2, 0.25) is 11.7 Å². The number of rotatable bonds is 7. The maximum absolute atomic E-state index is 14.7. The molecule has 0 spiro atoms. The third-order valence-electron chi connectivity index (χ3n) is 5.40. The summed E-state index contributed by atoms with van der Waals surface area (Å²) in [7, 11) is 0. The summed E-state index contributed by atoms with van der Waals surface area (Å²) < 4.78 is 20.2. The van der Waals surface area contributed by atoms with E-state index in [0.29, 0.717) is 37.4 Å². The molecule has 1 aromatic heterocycles. The van der Waals surface area contributed by atoms with Crippen molar-refractivity contribution < 1.29 is 13.9 Å². The third kappa shape index (κ3) is 4.08. The van der Waals surface area contributed by atoms with Gasteiger partial charge in [-0.15, -0.1) is 0 Å². The fraction of sp³-hybridized carbons (Fsp3) is 0.476. The molecule has 28 heavy (non-hydrogen) atoms. The molecule has 148 valence electrons. The van der Waals surface area contributed by atoms with E-state index in [1.165, 1.54) is 18.8 Å². The van der Waals surface area contributed by atoms with Crippen molar-refractivity contribution in [3.8, 4) is 5.88 Å². The number of amides is 1. The minimum atomic E-state index is -0.471. The van der Waals surface area contributed by atoms with Crippen LogP contribution in [-0.4, -0.2) is 35.6 Å². The number of carbonyl (C=O) groups excluding carboxylic acids is 1. The lowest BCUT2D eigenvalue weighted by atomic mass is 9.90. The van der Waals surface area contributed by atoms with Gasteiger partial charge >= 0.3 is 0 Å². The number of halogens is 1. The first-order valence-electron chi connectivity index (χ1n) is 9.76. The molecule has 2 fully saturated rings. The number of benzene rings is 1. The highest BCUT2D eigenvalue weighted by Gasteiger charge is 2.32. The molecular weight excluding hydrogens is 359 g/mol. The molecule has 1 aliphatic carbocycles. The molecule has 1 atom stereocenters. The zero-order valence-electron chi connectivity index (χ0n) is 16.2. The van der Waals surface area contributed by atoms with E-state index >= 15 is 0 Å². The van der Waals surface area contributed by atoms with Crippen LogP contribution in [0, 0.1) is 11.7 Å². The smallest absolute Gasteiger partial charge is 0.255 e. The molecule has 1 aromatic carbocycles. The van der Waals surface area contributed by atoms with Crippen LogP contribution in [0.5, 0.6) is 5.88 Å². The molecule has 6 nitrogen and oxygen atoms in total. The Kier molecular flexibility index (Phi) is 5.15. The van der Waals surface area contributed by atoms with E-state index in [1.54, 1.807) is 0 Å². The second kappa shape index (κ2) is 7.73. The summed E-state index contributed by atoms with van der Waals surface area (Å²) in [6, 6.07) is 8.21. The quantitative estimate of drug-likeness (QED) is 0.794. The van der Waals surface area contributed by atoms with Gasteiger partial charge in [-0.25, -0.2) is 4.98 Å². The minimum Gasteiger partial charge on any atom is -0.475 e. The molecule has 1 aliphatic heterocycles. The molecule has 1 N–H and O–H groups in total. The van der Waals surface area contributed by atoms with Gasteiger partial charge in [0.15, 0.2) is 5.82 Å². The molecule has 1 amide bonds. The Bertz CT molecular complexity index is 848. The Morgan fingerprint density at radius 1 is 1.29 bits per heavy atom. The van der Waals surface area contributed by atoms with Crippen LogP contribution >= 0.6 is 0 Å². The minimum absolute atomic E-state index is 0.0198. The first-order valence-corrected chi connectivity index (χ1v) is 9.76. The van der Waals surface area contributed by atoms with E-state index in [4.69, 9.17) is 4.74 Å². The highest BCUT2D eigenvalue weighted by atomic mass is 19.1. The summed E-state index contributed by atoms with van der Waals surface area (Å²) >= 11 is 0. The second-order valence-corrected chi connectivity index (χ2v) is 7.76. The predicted molar refractivity (Wildman–Crippen MR) is 104 cm³/mol. The summed E-state index contributed by atoms with van der Waals surface area (Å²) in [5.74, 6) is 0.724. The first kappa shape index (κ1) is 18.7. The molecule has 0 radical (unpaired) electrons. The Hall–Kier alpha value is -2.70. The van der Waals surface area contributed by atoms with E-state index in [-0.39, 0.29) is 17.8 Å². The Morgan fingerprint density at radius 3 is 2.64 bits per heavy atom. The lowest BCUT2D eigenvalue weighted by molar-refractivity contribution is -0.119. The van der Waals surface area contributed by atoms with Crippen molar-refractivity contribution in [1.82, 2.24) is 15.3 Å². The van der Waals surface area contributed by atoms with Crippen LogP contribution in [0.2, 0.25) is 0 Å². The number of nitrogens with one attached hydrogen (secondary N) is 1. The van der Waals surface area contributed by atoms with Gasteiger partial charge in [-0.3, -0.25) is 4.79 Å². The molecule has 0 bridgehead atoms. The zero-order chi connectivity index (χ0) is 19.7. The first-order chi connectivity index (χ1) is 13.5. The summed E-state index contributed by atoms with van der Waals surface area (Å²) in [4.78, 5) is 21.2. The fourth-order valence-electron chi connectivity index (χ4n) is 3.45. The molecule has 0 unspecified atom stereocenters. The van der Waals surface area contributed by atoms with E-state index in [0.717, 1.165) is 18.4 Å². The highest BCUT2D eigenvalue weighted by molar-refractivity contribution is 5.73. The fourth-order valence-corrected chi connectivity index (χ4v) is 3.45. The predicted octanol–water partition coefficient (Wildman–Crippen LogP) is 3.21. The molecule has 7 heteroatoms. The van der Waals surface area contributed by atoms with Crippen molar-refractivity contribution in [2.75, 3.05) is 24.6 Å². The normalized spacial score (nSPS) is 17.8. The van der Waals surface area contributed by atoms with Gasteiger partial charge in [-0.1, -0.05) is 24.3 Å². The number of ether oxygens (including phenoxy) is 1. The lowest BCUT2D eigenvalue weighted by Gasteiger charge is -2.40. The van der Waals surface area contributed by atoms with Gasteiger partial charge in [0.05, 0.1) is 12.6 Å². The van der Waals surface area contributed by atoms with Crippen molar-refractivity contribution in [1.29, 1.82) is 0 Å². The van der Waals surface area contributed by atoms with Gasteiger partial charge in [-0.2, -0.15) is 9.37 Å². The summed E-state index contributed by atoms with van der Waals surface area (Å²) in [5.41, 5.74) is 2.27. The zero-order valence-corrected chi connectivity index (χ0v) is 16.2. The van der Waals surface area contributed by atoms with Crippen LogP contribution in [0.3, 0.4) is 0 Å². The summed E-state index contributed by atoms with van der Waals surface area (Å²) in [6.07, 6.45) is 3.66. The number of hydrogen-bond acceptors (Lipinski definition) is 5. The highest BCUT2D eigenvalue weighted by Crippen LogP contribution is 2.35. The van der Waals surface area contributed by atoms with Gasteiger partial charge in [0, 0.05) is 25.9 Å². The number of nitrogens with zero attached hydrogens (tertiary/aromatic N) is 3. The Balaban J connectivity index is 1.36. The van der Waals surface area contributed by atoms with Crippen molar-refractivity contribution >= 4 is 11.7 Å². The van der Waals surface area contributed by atoms with Gasteiger partial charge < -0.3 is 15.0 Å². The van der Waals surface area contributed by atoms with Gasteiger partial charge in [-0.05, 0) is 36.8 Å². The van der Waals surface area contributed by atoms with Crippen LogP contribution in [0.25, 0.3) is 0 Å². The average Bonchev–Trinajstić information content (AvgIpc) is 3.45. The average molecular weight is 384 g/mol. The SMILES string of the molecule is CC(=O)N[C@@H](C)c1ccc(C2CN(c3ncnc(OCC4CC4)c3F)C2)cc1. The molecule has 1 saturated heterocycles. The topological polar surface area (TPSA) is 67.4 Å². The maximum atomic E-state index is 14.7. The van der Waals surface area contributed by atoms with E-state index in [1.807, 2.05) is 24.0 Å². The van der Waals surface area contributed by atoms with Crippen molar-refractivity contribution in [3.05, 3.63) is 47.5 Å². The summed E-state index contributed by atoms with van der Waals surface area (Å²) in [5, 5.41) is 2.88. The van der Waals surface area contributed by atoms with Crippen molar-refractivity contribution in [2.24, 2.45) is 5.92 Å². The second-order valence-electron chi connectivity index (χ2n) is 7.76. The van der Waals surface area contributed by atoms with Crippen LogP contribution < -0.4 is 15.0 Å². The molecule has 2 aromatic rings. The lowest BCUT2D eigenvalue weighted by Crippen LogP contribution is -2.46. The summed E-state index contributed by atoms with van der Waals surface area (Å²) in [6.45, 7) is 5.41. The van der Waals surface area contributed by atoms with Crippen LogP contribution in [-0.2, 0) is 4.79 Å². The largest absolute Gasteiger partial charge is 0.475 e. The number of anilines is 1. The number of aromatic nitrogens is 2. The Morgan fingerprint density at radius 2 is 2.00 bits per heavy atom. The van der Waals surface area contributed by atoms with Crippen molar-refractivity contribution in [3.63, 3.8) is 0 Å². The Labute approximate surface area is 164 Å². The molecule has 1 saturated carbocycles. The molecule has 4 rings (SSSR count). The van der Waals surface area contributed by atoms with E-state index < -0.39 is 5.82 Å². The van der Waals surface area contributed by atoms with Gasteiger partial charge in [0.1, 0.15) is 6.33 Å². The van der Waals surface area contributed by atoms with Crippen molar-refractivity contribution in [2.45, 2.75) is 38.6 Å². The molecule has 2 aliphatic rings. The van der Waals surface area contributed by atoms with Crippen LogP contribution in [0.4, 0.5) is 10.2 Å². The number of carbonyl (C=O) groups is 1. The van der Waals surface area contributed by atoms with Gasteiger partial charge in [0.25, 0.3) is 5.88 Å². The monoisotopic (exact) mass is 384 g/mol. The molecular formula is C21H25FN4O2. The van der Waals surface area contributed by atoms with E-state index in [9.17, 15) is 9.18 Å². The standard InChI is InChI=1S/C21H25FN4O2/c1-13(25-14(2)27)16-5-7-17(8-6-16)18-9-26(10-18)20-19(22)21(24-12-23-20)28-11-15-3-4-15/h5-8,12-13,15,18H,3-4,9-11H2,1-2H3,(H,25,27)/t13-/m0/s1. The molecule has 2 heterocycles. The maximum Gasteiger partial charge on any atom is 0.255 e. The van der Waals surface area contributed by atoms with E-state index in [2.05, 4.69) is 27.4 Å². The van der Waals surface area contributed by atoms with Crippen LogP contribution in [0.15, 0.2) is 30.6 Å². The number of hydrogen-bond donors (Lipinski definition) is 1. The third-order valence-corrected chi connectivity index (χ3v) is 5.40. The van der Waals surface area contributed by atoms with Crippen LogP contribution in [0.1, 0.15) is 49.8 Å².